The summed E-state index contributed by atoms with van der Waals surface area (Å²) in [4.78, 5) is 9.09. The second-order valence-electron chi connectivity index (χ2n) is 4.36. The molecule has 0 aromatic carbocycles. The molecule has 1 saturated carbocycles. The summed E-state index contributed by atoms with van der Waals surface area (Å²) < 4.78 is 15.5. The molecule has 0 bridgehead atoms. The first-order chi connectivity index (χ1) is 7.91. The van der Waals surface area contributed by atoms with Crippen LogP contribution in [0.25, 0.3) is 0 Å². The van der Waals surface area contributed by atoms with E-state index in [1.165, 1.54) is 14.2 Å². The predicted octanol–water partition coefficient (Wildman–Crippen LogP) is 0.500. The number of halogens is 2. The number of hydrogen-bond donors (Lipinski definition) is 1. The number of rotatable bonds is 3. The number of alkyl halides is 2. The highest BCUT2D eigenvalue weighted by Gasteiger charge is 2.79. The third-order valence-electron chi connectivity index (χ3n) is 3.74. The Labute approximate surface area is 109 Å². The monoisotopic (exact) mass is 284 g/mol. The van der Waals surface area contributed by atoms with Gasteiger partial charge in [0.1, 0.15) is 4.87 Å². The maximum Gasteiger partial charge on any atom is 0.333 e. The molecule has 1 aliphatic carbocycles. The van der Waals surface area contributed by atoms with Crippen molar-refractivity contribution in [3.8, 4) is 0 Å². The summed E-state index contributed by atoms with van der Waals surface area (Å²) >= 11 is 12.7. The summed E-state index contributed by atoms with van der Waals surface area (Å²) in [6.07, 6.45) is 0.280. The number of hydrogen-bond acceptors (Lipinski definition) is 5. The van der Waals surface area contributed by atoms with Crippen molar-refractivity contribution < 1.29 is 24.1 Å². The van der Waals surface area contributed by atoms with Crippen molar-refractivity contribution in [2.75, 3.05) is 27.4 Å². The number of aliphatic hydroxyl groups excluding tert-OH is 1. The van der Waals surface area contributed by atoms with Crippen molar-refractivity contribution in [3.63, 3.8) is 0 Å². The van der Waals surface area contributed by atoms with E-state index >= 15 is 0 Å². The summed E-state index contributed by atoms with van der Waals surface area (Å²) in [5.74, 6) is -2.57. The largest absolute Gasteiger partial charge is 0.464 e. The molecule has 7 heteroatoms. The molecular weight excluding hydrogens is 271 g/mol. The van der Waals surface area contributed by atoms with Crippen LogP contribution in [0.2, 0.25) is 0 Å². The Balaban J connectivity index is 2.57. The molecule has 1 N–H and O–H groups in total. The summed E-state index contributed by atoms with van der Waals surface area (Å²) in [6, 6.07) is 0. The van der Waals surface area contributed by atoms with Gasteiger partial charge in [-0.2, -0.15) is 0 Å². The van der Waals surface area contributed by atoms with Gasteiger partial charge in [0.2, 0.25) is 10.7 Å². The molecule has 98 valence electrons. The van der Waals surface area contributed by atoms with E-state index in [0.717, 1.165) is 0 Å². The molecule has 0 amide bonds. The molecule has 0 spiro atoms. The summed E-state index contributed by atoms with van der Waals surface area (Å²) in [6.45, 7) is -0.250. The maximum absolute atomic E-state index is 11.9. The highest BCUT2D eigenvalue weighted by molar-refractivity contribution is 6.38. The van der Waals surface area contributed by atoms with Gasteiger partial charge in [-0.25, -0.2) is 4.79 Å². The number of carbonyl (C=O) groups excluding carboxylic acids is 1. The first-order valence-corrected chi connectivity index (χ1v) is 5.93. The number of fused-ring (bicyclic) bond motifs is 1. The average molecular weight is 285 g/mol. The number of ether oxygens (including phenoxy) is 3. The van der Waals surface area contributed by atoms with E-state index in [1.807, 2.05) is 0 Å². The average Bonchev–Trinajstić information content (AvgIpc) is 2.70. The predicted molar refractivity (Wildman–Crippen MR) is 60.1 cm³/mol. The number of carbonyl (C=O) groups is 1. The molecule has 2 rings (SSSR count). The molecule has 0 unspecified atom stereocenters. The summed E-state index contributed by atoms with van der Waals surface area (Å²) in [7, 11) is 2.68. The van der Waals surface area contributed by atoms with Gasteiger partial charge in [-0.1, -0.05) is 0 Å². The molecule has 5 nitrogen and oxygen atoms in total. The fraction of sp³-hybridized carbons (Fsp3) is 0.900. The Morgan fingerprint density at radius 2 is 2.06 bits per heavy atom. The van der Waals surface area contributed by atoms with Crippen LogP contribution in [0, 0.1) is 5.92 Å². The van der Waals surface area contributed by atoms with Crippen LogP contribution < -0.4 is 0 Å². The molecule has 0 aromatic heterocycles. The molecule has 2 fully saturated rings. The minimum atomic E-state index is -1.60. The molecule has 1 aliphatic heterocycles. The minimum absolute atomic E-state index is 0.158. The van der Waals surface area contributed by atoms with E-state index in [-0.39, 0.29) is 18.9 Å². The number of methoxy groups -OCH3 is 2. The van der Waals surface area contributed by atoms with Crippen molar-refractivity contribution in [1.82, 2.24) is 0 Å². The van der Waals surface area contributed by atoms with Crippen LogP contribution in [0.15, 0.2) is 0 Å². The lowest BCUT2D eigenvalue weighted by atomic mass is 9.92. The smallest absolute Gasteiger partial charge is 0.333 e. The highest BCUT2D eigenvalue weighted by Crippen LogP contribution is 2.61. The highest BCUT2D eigenvalue weighted by atomic mass is 35.5. The zero-order chi connectivity index (χ0) is 12.9. The fourth-order valence-corrected chi connectivity index (χ4v) is 4.00. The third-order valence-corrected chi connectivity index (χ3v) is 4.97. The second kappa shape index (κ2) is 3.96. The molecule has 1 saturated heterocycles. The van der Waals surface area contributed by atoms with Gasteiger partial charge in [0.05, 0.1) is 13.2 Å². The van der Waals surface area contributed by atoms with E-state index in [0.29, 0.717) is 0 Å². The molecule has 0 aromatic rings. The van der Waals surface area contributed by atoms with Crippen LogP contribution in [-0.2, 0) is 19.0 Å². The van der Waals surface area contributed by atoms with Gasteiger partial charge in [-0.05, 0) is 6.42 Å². The topological polar surface area (TPSA) is 65.0 Å². The molecular formula is C10H14Cl2O5. The lowest BCUT2D eigenvalue weighted by Gasteiger charge is -2.43. The third kappa shape index (κ3) is 1.29. The fourth-order valence-electron chi connectivity index (χ4n) is 2.93. The molecule has 1 heterocycles. The number of esters is 1. The van der Waals surface area contributed by atoms with Crippen molar-refractivity contribution in [2.24, 2.45) is 5.92 Å². The first-order valence-electron chi connectivity index (χ1n) is 5.18. The van der Waals surface area contributed by atoms with Gasteiger partial charge in [-0.3, -0.25) is 0 Å². The van der Waals surface area contributed by atoms with Gasteiger partial charge in [0.15, 0.2) is 0 Å². The second-order valence-corrected chi connectivity index (χ2v) is 5.68. The van der Waals surface area contributed by atoms with E-state index < -0.39 is 28.1 Å². The van der Waals surface area contributed by atoms with Gasteiger partial charge < -0.3 is 19.3 Å². The summed E-state index contributed by atoms with van der Waals surface area (Å²) in [5.41, 5.74) is 0. The van der Waals surface area contributed by atoms with Crippen molar-refractivity contribution in [2.45, 2.75) is 22.0 Å². The van der Waals surface area contributed by atoms with E-state index in [2.05, 4.69) is 0 Å². The van der Waals surface area contributed by atoms with Gasteiger partial charge in [0, 0.05) is 20.1 Å². The van der Waals surface area contributed by atoms with Crippen LogP contribution >= 0.6 is 23.2 Å². The van der Waals surface area contributed by atoms with Crippen LogP contribution in [0.1, 0.15) is 6.42 Å². The minimum Gasteiger partial charge on any atom is -0.464 e. The Morgan fingerprint density at radius 1 is 1.47 bits per heavy atom. The van der Waals surface area contributed by atoms with Crippen LogP contribution in [-0.4, -0.2) is 54.0 Å². The van der Waals surface area contributed by atoms with Crippen LogP contribution in [0.3, 0.4) is 0 Å². The Hall–Kier alpha value is -0.0700. The molecule has 2 aliphatic rings. The van der Waals surface area contributed by atoms with Gasteiger partial charge in [0.25, 0.3) is 0 Å². The zero-order valence-corrected chi connectivity index (χ0v) is 11.0. The van der Waals surface area contributed by atoms with Crippen molar-refractivity contribution in [1.29, 1.82) is 0 Å². The maximum atomic E-state index is 11.9. The van der Waals surface area contributed by atoms with E-state index in [1.54, 1.807) is 0 Å². The molecule has 0 radical (unpaired) electrons. The van der Waals surface area contributed by atoms with E-state index in [9.17, 15) is 9.90 Å². The Bertz CT molecular complexity index is 346. The standard InChI is InChI=1S/C10H14Cl2O5/c1-15-10(16-2)8(11,5-13)3-6-4-17-7(14)9(6,10)12/h6,13H,3-5H2,1-2H3/t6-,8-,9+/m1/s1. The molecule has 17 heavy (non-hydrogen) atoms. The Morgan fingerprint density at radius 3 is 2.53 bits per heavy atom. The van der Waals surface area contributed by atoms with Gasteiger partial charge >= 0.3 is 5.97 Å². The lowest BCUT2D eigenvalue weighted by molar-refractivity contribution is -0.240. The van der Waals surface area contributed by atoms with Crippen molar-refractivity contribution >= 4 is 29.2 Å². The van der Waals surface area contributed by atoms with Gasteiger partial charge in [-0.15, -0.1) is 23.2 Å². The first kappa shape index (κ1) is 13.4. The lowest BCUT2D eigenvalue weighted by Crippen LogP contribution is -2.64. The SMILES string of the molecule is COC1(OC)[C@](Cl)(CO)C[C@@H]2COC(=O)[C@@]21Cl. The number of aliphatic hydroxyl groups is 1. The zero-order valence-electron chi connectivity index (χ0n) is 9.53. The van der Waals surface area contributed by atoms with Crippen LogP contribution in [0.5, 0.6) is 0 Å². The Kier molecular flexibility index (Phi) is 3.12. The normalized spacial score (nSPS) is 43.6. The summed E-state index contributed by atoms with van der Waals surface area (Å²) in [5, 5.41) is 9.48. The van der Waals surface area contributed by atoms with E-state index in [4.69, 9.17) is 37.4 Å². The van der Waals surface area contributed by atoms with Crippen molar-refractivity contribution in [3.05, 3.63) is 0 Å². The number of cyclic esters (lactones) is 1. The quantitative estimate of drug-likeness (QED) is 0.465. The van der Waals surface area contributed by atoms with Crippen LogP contribution in [0.4, 0.5) is 0 Å². The molecule has 3 atom stereocenters.